The number of hydrogen-bond donors (Lipinski definition) is 0. The van der Waals surface area contributed by atoms with Gasteiger partial charge in [-0.25, -0.2) is 9.78 Å². The lowest BCUT2D eigenvalue weighted by Gasteiger charge is -2.16. The predicted octanol–water partition coefficient (Wildman–Crippen LogP) is 2.25. The summed E-state index contributed by atoms with van der Waals surface area (Å²) in [5, 5.41) is 0. The van der Waals surface area contributed by atoms with Crippen molar-refractivity contribution in [3.63, 3.8) is 0 Å². The van der Waals surface area contributed by atoms with E-state index in [0.717, 1.165) is 11.3 Å². The van der Waals surface area contributed by atoms with E-state index in [1.54, 1.807) is 7.11 Å². The summed E-state index contributed by atoms with van der Waals surface area (Å²) in [5.41, 5.74) is 1.03. The van der Waals surface area contributed by atoms with E-state index < -0.39 is 0 Å². The van der Waals surface area contributed by atoms with Crippen molar-refractivity contribution in [2.45, 2.75) is 6.10 Å². The molecule has 0 N–H and O–H groups in total. The Morgan fingerprint density at radius 3 is 3.07 bits per heavy atom. The zero-order valence-electron chi connectivity index (χ0n) is 7.97. The summed E-state index contributed by atoms with van der Waals surface area (Å²) >= 11 is 0. The fourth-order valence-corrected chi connectivity index (χ4v) is 1.35. The highest BCUT2D eigenvalue weighted by molar-refractivity contribution is 5.31. The molecule has 0 fully saturated rings. The summed E-state index contributed by atoms with van der Waals surface area (Å²) in [6.07, 6.45) is 3.78. The highest BCUT2D eigenvalue weighted by Gasteiger charge is 2.12. The van der Waals surface area contributed by atoms with Crippen molar-refractivity contribution in [2.24, 2.45) is 0 Å². The second kappa shape index (κ2) is 4.26. The molecular weight excluding hydrogens is 180 g/mol. The number of ether oxygens (including phenoxy) is 1. The third kappa shape index (κ3) is 1.95. The van der Waals surface area contributed by atoms with E-state index in [1.807, 2.05) is 36.4 Å². The monoisotopic (exact) mass is 192 g/mol. The molecule has 14 heavy (non-hydrogen) atoms. The first-order valence-electron chi connectivity index (χ1n) is 4.49. The minimum Gasteiger partial charge on any atom is -0.497 e. The predicted molar refractivity (Wildman–Crippen MR) is 51.9 cm³/mol. The number of benzene rings is 1. The Labute approximate surface area is 82.8 Å². The van der Waals surface area contributed by atoms with Crippen LogP contribution in [0.15, 0.2) is 36.4 Å². The first-order chi connectivity index (χ1) is 6.90. The van der Waals surface area contributed by atoms with E-state index in [1.165, 1.54) is 0 Å². The topological polar surface area (TPSA) is 27.7 Å². The van der Waals surface area contributed by atoms with Gasteiger partial charge in [-0.05, 0) is 23.8 Å². The molecule has 1 heterocycles. The molecular formula is C11H12O3. The summed E-state index contributed by atoms with van der Waals surface area (Å²) < 4.78 is 5.13. The maximum atomic E-state index is 5.13. The van der Waals surface area contributed by atoms with Crippen LogP contribution in [-0.2, 0) is 9.78 Å². The first-order valence-corrected chi connectivity index (χ1v) is 4.49. The SMILES string of the molecule is COc1cccc(C2C=CCOO2)c1. The summed E-state index contributed by atoms with van der Waals surface area (Å²) in [4.78, 5) is 10.0. The largest absolute Gasteiger partial charge is 0.497 e. The molecule has 0 aliphatic carbocycles. The van der Waals surface area contributed by atoms with Crippen LogP contribution < -0.4 is 4.74 Å². The number of methoxy groups -OCH3 is 1. The molecule has 74 valence electrons. The molecule has 0 saturated heterocycles. The molecule has 0 radical (unpaired) electrons. The summed E-state index contributed by atoms with van der Waals surface area (Å²) in [6, 6.07) is 7.74. The molecule has 0 amide bonds. The quantitative estimate of drug-likeness (QED) is 0.531. The van der Waals surface area contributed by atoms with E-state index in [0.29, 0.717) is 6.61 Å². The van der Waals surface area contributed by atoms with E-state index >= 15 is 0 Å². The van der Waals surface area contributed by atoms with Crippen LogP contribution in [0.4, 0.5) is 0 Å². The molecule has 1 aromatic carbocycles. The van der Waals surface area contributed by atoms with Crippen molar-refractivity contribution in [1.82, 2.24) is 0 Å². The van der Waals surface area contributed by atoms with Gasteiger partial charge in [0.1, 0.15) is 18.5 Å². The summed E-state index contributed by atoms with van der Waals surface area (Å²) in [5.74, 6) is 0.824. The van der Waals surface area contributed by atoms with Gasteiger partial charge in [-0.2, -0.15) is 0 Å². The molecule has 1 aliphatic heterocycles. The standard InChI is InChI=1S/C11H12O3/c1-12-10-5-2-4-9(8-10)11-6-3-7-13-14-11/h2-6,8,11H,7H2,1H3. The highest BCUT2D eigenvalue weighted by atomic mass is 17.2. The molecule has 0 spiro atoms. The first kappa shape index (κ1) is 9.24. The Hall–Kier alpha value is -1.32. The van der Waals surface area contributed by atoms with E-state index in [4.69, 9.17) is 14.5 Å². The van der Waals surface area contributed by atoms with Crippen LogP contribution in [0.5, 0.6) is 5.75 Å². The van der Waals surface area contributed by atoms with Crippen LogP contribution in [0.2, 0.25) is 0 Å². The summed E-state index contributed by atoms with van der Waals surface area (Å²) in [6.45, 7) is 0.514. The lowest BCUT2D eigenvalue weighted by molar-refractivity contribution is -0.315. The van der Waals surface area contributed by atoms with Gasteiger partial charge in [0.05, 0.1) is 7.11 Å². The van der Waals surface area contributed by atoms with Crippen LogP contribution >= 0.6 is 0 Å². The summed E-state index contributed by atoms with van der Waals surface area (Å²) in [7, 11) is 1.65. The van der Waals surface area contributed by atoms with Crippen molar-refractivity contribution in [2.75, 3.05) is 13.7 Å². The van der Waals surface area contributed by atoms with Crippen molar-refractivity contribution in [1.29, 1.82) is 0 Å². The van der Waals surface area contributed by atoms with Crippen LogP contribution in [0.1, 0.15) is 11.7 Å². The van der Waals surface area contributed by atoms with Crippen molar-refractivity contribution in [3.05, 3.63) is 42.0 Å². The lowest BCUT2D eigenvalue weighted by Crippen LogP contribution is -2.07. The molecule has 1 unspecified atom stereocenters. The van der Waals surface area contributed by atoms with Crippen molar-refractivity contribution < 1.29 is 14.5 Å². The fraction of sp³-hybridized carbons (Fsp3) is 0.273. The van der Waals surface area contributed by atoms with Gasteiger partial charge in [0, 0.05) is 0 Å². The van der Waals surface area contributed by atoms with Gasteiger partial charge in [-0.15, -0.1) is 0 Å². The van der Waals surface area contributed by atoms with Gasteiger partial charge in [0.2, 0.25) is 0 Å². The van der Waals surface area contributed by atoms with Crippen LogP contribution in [0, 0.1) is 0 Å². The Morgan fingerprint density at radius 2 is 2.36 bits per heavy atom. The second-order valence-corrected chi connectivity index (χ2v) is 3.01. The zero-order valence-corrected chi connectivity index (χ0v) is 7.97. The van der Waals surface area contributed by atoms with Gasteiger partial charge in [0.25, 0.3) is 0 Å². The molecule has 0 bridgehead atoms. The molecule has 3 nitrogen and oxygen atoms in total. The van der Waals surface area contributed by atoms with Crippen molar-refractivity contribution >= 4 is 0 Å². The normalized spacial score (nSPS) is 20.8. The lowest BCUT2D eigenvalue weighted by atomic mass is 10.1. The Bertz CT molecular complexity index is 333. The Morgan fingerprint density at radius 1 is 1.43 bits per heavy atom. The Kier molecular flexibility index (Phi) is 2.81. The average Bonchev–Trinajstić information content (AvgIpc) is 2.30. The van der Waals surface area contributed by atoms with Gasteiger partial charge >= 0.3 is 0 Å². The zero-order chi connectivity index (χ0) is 9.80. The Balaban J connectivity index is 2.22. The van der Waals surface area contributed by atoms with E-state index in [9.17, 15) is 0 Å². The van der Waals surface area contributed by atoms with Crippen molar-refractivity contribution in [3.8, 4) is 5.75 Å². The molecule has 0 aromatic heterocycles. The molecule has 1 atom stereocenters. The maximum Gasteiger partial charge on any atom is 0.136 e. The smallest absolute Gasteiger partial charge is 0.136 e. The third-order valence-corrected chi connectivity index (χ3v) is 2.07. The third-order valence-electron chi connectivity index (χ3n) is 2.07. The second-order valence-electron chi connectivity index (χ2n) is 3.01. The fourth-order valence-electron chi connectivity index (χ4n) is 1.35. The minimum absolute atomic E-state index is 0.126. The van der Waals surface area contributed by atoms with E-state index in [2.05, 4.69) is 0 Å². The maximum absolute atomic E-state index is 5.13. The van der Waals surface area contributed by atoms with Gasteiger partial charge in [0.15, 0.2) is 0 Å². The molecule has 2 rings (SSSR count). The van der Waals surface area contributed by atoms with E-state index in [-0.39, 0.29) is 6.10 Å². The van der Waals surface area contributed by atoms with Crippen LogP contribution in [0.25, 0.3) is 0 Å². The van der Waals surface area contributed by atoms with Gasteiger partial charge in [-0.1, -0.05) is 18.2 Å². The molecule has 1 aliphatic rings. The van der Waals surface area contributed by atoms with Crippen LogP contribution in [0.3, 0.4) is 0 Å². The molecule has 3 heteroatoms. The average molecular weight is 192 g/mol. The number of hydrogen-bond acceptors (Lipinski definition) is 3. The number of rotatable bonds is 2. The minimum atomic E-state index is -0.126. The molecule has 1 aromatic rings. The molecule has 0 saturated carbocycles. The highest BCUT2D eigenvalue weighted by Crippen LogP contribution is 2.24. The van der Waals surface area contributed by atoms with Crippen LogP contribution in [-0.4, -0.2) is 13.7 Å². The van der Waals surface area contributed by atoms with Gasteiger partial charge < -0.3 is 4.74 Å². The van der Waals surface area contributed by atoms with Gasteiger partial charge in [-0.3, -0.25) is 0 Å².